The van der Waals surface area contributed by atoms with E-state index in [0.29, 0.717) is 19.4 Å². The molecule has 0 aliphatic carbocycles. The maximum Gasteiger partial charge on any atom is 0.173 e. The summed E-state index contributed by atoms with van der Waals surface area (Å²) in [6.45, 7) is 1.23. The average molecular weight is 461 g/mol. The summed E-state index contributed by atoms with van der Waals surface area (Å²) < 4.78 is 15.6. The molecule has 0 spiro atoms. The number of halogens is 1. The fourth-order valence-electron chi connectivity index (χ4n) is 4.51. The van der Waals surface area contributed by atoms with Crippen molar-refractivity contribution in [3.8, 4) is 22.4 Å². The lowest BCUT2D eigenvalue weighted by molar-refractivity contribution is 0.0966. The summed E-state index contributed by atoms with van der Waals surface area (Å²) in [7, 11) is 0. The number of carbonyl (C=O) groups is 1. The van der Waals surface area contributed by atoms with Crippen LogP contribution in [-0.4, -0.2) is 27.1 Å². The van der Waals surface area contributed by atoms with Crippen molar-refractivity contribution in [1.29, 1.82) is 0 Å². The van der Waals surface area contributed by atoms with E-state index in [9.17, 15) is 9.18 Å². The van der Waals surface area contributed by atoms with Gasteiger partial charge in [0.25, 0.3) is 0 Å². The Labute approximate surface area is 196 Å². The molecule has 2 N–H and O–H groups in total. The molecule has 0 amide bonds. The molecule has 1 aromatic carbocycles. The standard InChI is InChI=1S/C26H25FN4OS/c27-20-6-1-4-17(11-20)10-18(14-28)12-23(32)25-13-21-24(33-25)7-3-9-31-26(21)22(16-30-31)19-5-2-8-29-15-19/h1-2,4-6,8,11,13,15-16,18H,3,7,9-10,12,14,28H2/t18-/m1/s1. The Morgan fingerprint density at radius 1 is 1.18 bits per heavy atom. The topological polar surface area (TPSA) is 73.8 Å². The summed E-state index contributed by atoms with van der Waals surface area (Å²) in [5.74, 6) is -0.204. The quantitative estimate of drug-likeness (QED) is 0.387. The van der Waals surface area contributed by atoms with Crippen molar-refractivity contribution in [2.45, 2.75) is 32.2 Å². The van der Waals surface area contributed by atoms with Gasteiger partial charge in [0.05, 0.1) is 16.8 Å². The Hall–Kier alpha value is -3.16. The van der Waals surface area contributed by atoms with Gasteiger partial charge in [0.15, 0.2) is 5.78 Å². The molecule has 7 heteroatoms. The van der Waals surface area contributed by atoms with Crippen molar-refractivity contribution < 1.29 is 9.18 Å². The van der Waals surface area contributed by atoms with Gasteiger partial charge in [0.2, 0.25) is 0 Å². The predicted molar refractivity (Wildman–Crippen MR) is 129 cm³/mol. The molecule has 33 heavy (non-hydrogen) atoms. The number of pyridine rings is 1. The molecule has 168 valence electrons. The summed E-state index contributed by atoms with van der Waals surface area (Å²) in [4.78, 5) is 19.5. The van der Waals surface area contributed by atoms with E-state index < -0.39 is 0 Å². The highest BCUT2D eigenvalue weighted by molar-refractivity contribution is 7.14. The van der Waals surface area contributed by atoms with Gasteiger partial charge in [-0.3, -0.25) is 14.5 Å². The zero-order valence-electron chi connectivity index (χ0n) is 18.2. The summed E-state index contributed by atoms with van der Waals surface area (Å²) in [6.07, 6.45) is 8.34. The number of carbonyl (C=O) groups excluding carboxylic acids is 1. The zero-order chi connectivity index (χ0) is 22.8. The lowest BCUT2D eigenvalue weighted by Crippen LogP contribution is -2.20. The van der Waals surface area contributed by atoms with Crippen molar-refractivity contribution in [3.05, 3.63) is 82.2 Å². The second kappa shape index (κ2) is 9.37. The van der Waals surface area contributed by atoms with Crippen molar-refractivity contribution in [2.75, 3.05) is 6.54 Å². The van der Waals surface area contributed by atoms with Gasteiger partial charge in [-0.15, -0.1) is 11.3 Å². The third kappa shape index (κ3) is 4.51. The van der Waals surface area contributed by atoms with Crippen LogP contribution in [0, 0.1) is 11.7 Å². The molecular weight excluding hydrogens is 435 g/mol. The third-order valence-corrected chi connectivity index (χ3v) is 7.38. The van der Waals surface area contributed by atoms with Crippen LogP contribution in [0.5, 0.6) is 0 Å². The van der Waals surface area contributed by atoms with Gasteiger partial charge in [0, 0.05) is 46.9 Å². The number of hydrogen-bond donors (Lipinski definition) is 1. The molecule has 3 aromatic heterocycles. The van der Waals surface area contributed by atoms with Crippen LogP contribution in [0.1, 0.15) is 33.0 Å². The number of fused-ring (bicyclic) bond motifs is 3. The number of aromatic nitrogens is 3. The molecule has 0 bridgehead atoms. The van der Waals surface area contributed by atoms with Gasteiger partial charge in [-0.25, -0.2) is 4.39 Å². The fourth-order valence-corrected chi connectivity index (χ4v) is 5.66. The minimum Gasteiger partial charge on any atom is -0.330 e. The molecule has 5 nitrogen and oxygen atoms in total. The Balaban J connectivity index is 1.42. The number of hydrogen-bond acceptors (Lipinski definition) is 5. The summed E-state index contributed by atoms with van der Waals surface area (Å²) in [5.41, 5.74) is 11.0. The smallest absolute Gasteiger partial charge is 0.173 e. The molecule has 0 radical (unpaired) electrons. The Bertz CT molecular complexity index is 1280. The van der Waals surface area contributed by atoms with Gasteiger partial charge >= 0.3 is 0 Å². The molecule has 5 rings (SSSR count). The lowest BCUT2D eigenvalue weighted by Gasteiger charge is -2.13. The third-order valence-electron chi connectivity index (χ3n) is 6.15. The average Bonchev–Trinajstić information content (AvgIpc) is 3.40. The first-order valence-electron chi connectivity index (χ1n) is 11.2. The minimum atomic E-state index is -0.266. The Morgan fingerprint density at radius 2 is 2.09 bits per heavy atom. The highest BCUT2D eigenvalue weighted by Crippen LogP contribution is 2.40. The maximum absolute atomic E-state index is 13.6. The number of aryl methyl sites for hydroxylation is 2. The highest BCUT2D eigenvalue weighted by Gasteiger charge is 2.25. The number of nitrogens with two attached hydrogens (primary N) is 1. The van der Waals surface area contributed by atoms with Gasteiger partial charge in [-0.1, -0.05) is 18.2 Å². The molecule has 0 saturated carbocycles. The second-order valence-electron chi connectivity index (χ2n) is 8.49. The summed E-state index contributed by atoms with van der Waals surface area (Å²) >= 11 is 1.58. The van der Waals surface area contributed by atoms with E-state index in [2.05, 4.69) is 10.1 Å². The van der Waals surface area contributed by atoms with Crippen molar-refractivity contribution >= 4 is 17.1 Å². The molecule has 0 saturated heterocycles. The van der Waals surface area contributed by atoms with Crippen molar-refractivity contribution in [3.63, 3.8) is 0 Å². The van der Waals surface area contributed by atoms with Crippen LogP contribution in [0.25, 0.3) is 22.4 Å². The summed E-state index contributed by atoms with van der Waals surface area (Å²) in [6, 6.07) is 12.5. The van der Waals surface area contributed by atoms with E-state index in [0.717, 1.165) is 52.2 Å². The lowest BCUT2D eigenvalue weighted by atomic mass is 9.93. The van der Waals surface area contributed by atoms with E-state index >= 15 is 0 Å². The SMILES string of the molecule is NC[C@@H](CC(=O)c1cc2c(s1)CCCn1ncc(-c3cccnc3)c1-2)Cc1cccc(F)c1. The Morgan fingerprint density at radius 3 is 2.88 bits per heavy atom. The number of Topliss-reactive ketones (excluding diaryl/α,β-unsaturated/α-hetero) is 1. The van der Waals surface area contributed by atoms with Crippen LogP contribution in [0.15, 0.2) is 61.1 Å². The van der Waals surface area contributed by atoms with Crippen LogP contribution in [0.3, 0.4) is 0 Å². The van der Waals surface area contributed by atoms with Crippen LogP contribution in [0.2, 0.25) is 0 Å². The predicted octanol–water partition coefficient (Wildman–Crippen LogP) is 5.15. The molecule has 1 atom stereocenters. The molecule has 0 unspecified atom stereocenters. The van der Waals surface area contributed by atoms with E-state index in [1.165, 1.54) is 17.0 Å². The van der Waals surface area contributed by atoms with E-state index in [-0.39, 0.29) is 17.5 Å². The number of nitrogens with zero attached hydrogens (tertiary/aromatic N) is 3. The highest BCUT2D eigenvalue weighted by atomic mass is 32.1. The Kier molecular flexibility index (Phi) is 6.15. The number of thiophene rings is 1. The van der Waals surface area contributed by atoms with Crippen LogP contribution < -0.4 is 5.73 Å². The second-order valence-corrected chi connectivity index (χ2v) is 9.62. The molecule has 0 fully saturated rings. The molecular formula is C26H25FN4OS. The van der Waals surface area contributed by atoms with Crippen LogP contribution in [-0.2, 0) is 19.4 Å². The van der Waals surface area contributed by atoms with Gasteiger partial charge in [-0.05, 0) is 61.6 Å². The van der Waals surface area contributed by atoms with E-state index in [1.807, 2.05) is 41.3 Å². The van der Waals surface area contributed by atoms with Gasteiger partial charge in [0.1, 0.15) is 5.82 Å². The largest absolute Gasteiger partial charge is 0.330 e. The molecule has 1 aliphatic rings. The van der Waals surface area contributed by atoms with Gasteiger partial charge < -0.3 is 5.73 Å². The maximum atomic E-state index is 13.6. The zero-order valence-corrected chi connectivity index (χ0v) is 19.0. The first-order chi connectivity index (χ1) is 16.1. The van der Waals surface area contributed by atoms with E-state index in [4.69, 9.17) is 5.73 Å². The number of benzene rings is 1. The molecule has 4 heterocycles. The molecule has 1 aliphatic heterocycles. The number of rotatable bonds is 7. The molecule has 4 aromatic rings. The minimum absolute atomic E-state index is 0.0299. The monoisotopic (exact) mass is 460 g/mol. The normalized spacial score (nSPS) is 13.8. The van der Waals surface area contributed by atoms with Crippen molar-refractivity contribution in [1.82, 2.24) is 14.8 Å². The fraction of sp³-hybridized carbons (Fsp3) is 0.269. The summed E-state index contributed by atoms with van der Waals surface area (Å²) in [5, 5.41) is 4.62. The van der Waals surface area contributed by atoms with Crippen molar-refractivity contribution in [2.24, 2.45) is 11.7 Å². The first kappa shape index (κ1) is 21.7. The van der Waals surface area contributed by atoms with Gasteiger partial charge in [-0.2, -0.15) is 5.10 Å². The first-order valence-corrected chi connectivity index (χ1v) is 12.0. The van der Waals surface area contributed by atoms with Crippen LogP contribution >= 0.6 is 11.3 Å². The van der Waals surface area contributed by atoms with Crippen LogP contribution in [0.4, 0.5) is 4.39 Å². The van der Waals surface area contributed by atoms with E-state index in [1.54, 1.807) is 23.6 Å². The number of ketones is 1.